The smallest absolute Gasteiger partial charge is 0.249 e. The highest BCUT2D eigenvalue weighted by Crippen LogP contribution is 2.30. The number of hydrogen-bond donors (Lipinski definition) is 1. The van der Waals surface area contributed by atoms with Crippen LogP contribution in [0.25, 0.3) is 16.8 Å². The third-order valence-electron chi connectivity index (χ3n) is 4.07. The zero-order chi connectivity index (χ0) is 18.8. The molecule has 0 aliphatic rings. The summed E-state index contributed by atoms with van der Waals surface area (Å²) in [4.78, 5) is 17.7. The minimum absolute atomic E-state index is 0.121. The number of carbonyl (C=O) groups is 1. The normalized spacial score (nSPS) is 11.0. The molecule has 0 atom stereocenters. The Bertz CT molecular complexity index is 1120. The number of pyridine rings is 1. The fourth-order valence-corrected chi connectivity index (χ4v) is 3.46. The maximum absolute atomic E-state index is 12.2. The average Bonchev–Trinajstić information content (AvgIpc) is 3.25. The number of benzene rings is 1. The first-order chi connectivity index (χ1) is 13.1. The van der Waals surface area contributed by atoms with Crippen molar-refractivity contribution in [1.82, 2.24) is 24.4 Å². The third kappa shape index (κ3) is 3.70. The van der Waals surface area contributed by atoms with Gasteiger partial charge in [0.15, 0.2) is 5.65 Å². The number of aromatic nitrogens is 5. The molecule has 0 radical (unpaired) electrons. The molecule has 1 N–H and O–H groups in total. The molecule has 4 rings (SSSR count). The van der Waals surface area contributed by atoms with E-state index in [2.05, 4.69) is 38.9 Å². The van der Waals surface area contributed by atoms with Crippen LogP contribution in [0.15, 0.2) is 59.9 Å². The zero-order valence-electron chi connectivity index (χ0n) is 15.0. The number of hydrogen-bond acceptors (Lipinski definition) is 5. The maximum atomic E-state index is 12.2. The van der Waals surface area contributed by atoms with E-state index in [4.69, 9.17) is 0 Å². The molecule has 0 aliphatic carbocycles. The summed E-state index contributed by atoms with van der Waals surface area (Å²) in [5.41, 5.74) is 3.86. The minimum atomic E-state index is -0.220. The molecular weight excluding hydrogens is 360 g/mol. The van der Waals surface area contributed by atoms with E-state index in [1.807, 2.05) is 43.6 Å². The van der Waals surface area contributed by atoms with E-state index >= 15 is 0 Å². The Hall–Kier alpha value is -3.13. The van der Waals surface area contributed by atoms with E-state index in [-0.39, 0.29) is 18.4 Å². The molecule has 0 aliphatic heterocycles. The first-order valence-electron chi connectivity index (χ1n) is 8.41. The predicted octanol–water partition coefficient (Wildman–Crippen LogP) is 3.26. The highest BCUT2D eigenvalue weighted by molar-refractivity contribution is 7.98. The quantitative estimate of drug-likeness (QED) is 0.540. The van der Waals surface area contributed by atoms with Gasteiger partial charge in [-0.2, -0.15) is 10.1 Å². The second-order valence-electron chi connectivity index (χ2n) is 6.12. The first-order valence-corrected chi connectivity index (χ1v) is 9.63. The molecule has 1 amide bonds. The number of thioether (sulfide) groups is 1. The number of nitrogens with one attached hydrogen (secondary N) is 1. The summed E-state index contributed by atoms with van der Waals surface area (Å²) in [6.45, 7) is 2.05. The van der Waals surface area contributed by atoms with Crippen LogP contribution in [0.1, 0.15) is 5.56 Å². The van der Waals surface area contributed by atoms with Gasteiger partial charge in [-0.25, -0.2) is 4.52 Å². The van der Waals surface area contributed by atoms with E-state index in [9.17, 15) is 4.79 Å². The van der Waals surface area contributed by atoms with Gasteiger partial charge in [0, 0.05) is 22.9 Å². The fourth-order valence-electron chi connectivity index (χ4n) is 2.84. The highest BCUT2D eigenvalue weighted by Gasteiger charge is 2.11. The van der Waals surface area contributed by atoms with Gasteiger partial charge in [-0.05, 0) is 42.5 Å². The van der Waals surface area contributed by atoms with Gasteiger partial charge >= 0.3 is 0 Å². The summed E-state index contributed by atoms with van der Waals surface area (Å²) < 4.78 is 3.26. The Kier molecular flexibility index (Phi) is 4.64. The van der Waals surface area contributed by atoms with E-state index in [1.165, 1.54) is 4.90 Å². The monoisotopic (exact) mass is 378 g/mol. The minimum Gasteiger partial charge on any atom is -0.292 e. The number of rotatable bonds is 5. The molecule has 0 fully saturated rings. The van der Waals surface area contributed by atoms with Crippen LogP contribution in [0, 0.1) is 6.92 Å². The van der Waals surface area contributed by atoms with Crippen LogP contribution in [-0.2, 0) is 11.3 Å². The van der Waals surface area contributed by atoms with E-state index < -0.39 is 0 Å². The molecule has 8 heteroatoms. The lowest BCUT2D eigenvalue weighted by atomic mass is 10.1. The van der Waals surface area contributed by atoms with E-state index in [0.29, 0.717) is 5.65 Å². The molecule has 0 unspecified atom stereocenters. The molecule has 7 nitrogen and oxygen atoms in total. The van der Waals surface area contributed by atoms with Crippen molar-refractivity contribution in [2.45, 2.75) is 18.4 Å². The van der Waals surface area contributed by atoms with Gasteiger partial charge in [-0.15, -0.1) is 16.9 Å². The van der Waals surface area contributed by atoms with Crippen molar-refractivity contribution in [3.05, 3.63) is 60.6 Å². The maximum Gasteiger partial charge on any atom is 0.249 e. The van der Waals surface area contributed by atoms with Gasteiger partial charge in [-0.1, -0.05) is 18.2 Å². The topological polar surface area (TPSA) is 77.1 Å². The molecule has 4 aromatic rings. The fraction of sp³-hybridized carbons (Fsp3) is 0.158. The Morgan fingerprint density at radius 1 is 1.19 bits per heavy atom. The predicted molar refractivity (Wildman–Crippen MR) is 106 cm³/mol. The second-order valence-corrected chi connectivity index (χ2v) is 6.97. The van der Waals surface area contributed by atoms with Crippen molar-refractivity contribution in [2.24, 2.45) is 0 Å². The van der Waals surface area contributed by atoms with Gasteiger partial charge in [-0.3, -0.25) is 14.8 Å². The van der Waals surface area contributed by atoms with Gasteiger partial charge in [0.25, 0.3) is 0 Å². The number of anilines is 1. The molecule has 0 saturated carbocycles. The standard InChI is InChI=1S/C19H18N6OS/c1-13-9-20-24(10-13)12-18(26)22-19-21-17-8-7-14(11-25(17)23-19)15-5-3-4-6-16(15)27-2/h3-11H,12H2,1-2H3,(H,22,23,26). The van der Waals surface area contributed by atoms with Crippen LogP contribution in [-0.4, -0.2) is 36.5 Å². The van der Waals surface area contributed by atoms with Crippen LogP contribution in [0.5, 0.6) is 0 Å². The Morgan fingerprint density at radius 2 is 2.04 bits per heavy atom. The molecular formula is C19H18N6OS. The first kappa shape index (κ1) is 17.3. The van der Waals surface area contributed by atoms with Gasteiger partial charge in [0.05, 0.1) is 6.20 Å². The van der Waals surface area contributed by atoms with Crippen molar-refractivity contribution in [2.75, 3.05) is 11.6 Å². The van der Waals surface area contributed by atoms with Crippen molar-refractivity contribution in [1.29, 1.82) is 0 Å². The van der Waals surface area contributed by atoms with Crippen LogP contribution in [0.3, 0.4) is 0 Å². The third-order valence-corrected chi connectivity index (χ3v) is 4.86. The molecule has 3 heterocycles. The van der Waals surface area contributed by atoms with Crippen molar-refractivity contribution in [3.8, 4) is 11.1 Å². The lowest BCUT2D eigenvalue weighted by Crippen LogP contribution is -2.19. The SMILES string of the molecule is CSc1ccccc1-c1ccc2nc(NC(=O)Cn3cc(C)cn3)nn2c1. The summed E-state index contributed by atoms with van der Waals surface area (Å²) in [5, 5.41) is 11.2. The average molecular weight is 378 g/mol. The number of fused-ring (bicyclic) bond motifs is 1. The Morgan fingerprint density at radius 3 is 2.81 bits per heavy atom. The molecule has 0 bridgehead atoms. The second kappa shape index (κ2) is 7.24. The molecule has 3 aromatic heterocycles. The van der Waals surface area contributed by atoms with E-state index in [0.717, 1.165) is 16.7 Å². The number of aryl methyl sites for hydroxylation is 1. The molecule has 0 saturated heterocycles. The van der Waals surface area contributed by atoms with Gasteiger partial charge < -0.3 is 0 Å². The van der Waals surface area contributed by atoms with Crippen molar-refractivity contribution < 1.29 is 4.79 Å². The Labute approximate surface area is 160 Å². The number of amides is 1. The zero-order valence-corrected chi connectivity index (χ0v) is 15.8. The van der Waals surface area contributed by atoms with Gasteiger partial charge in [0.2, 0.25) is 11.9 Å². The lowest BCUT2D eigenvalue weighted by molar-refractivity contribution is -0.116. The van der Waals surface area contributed by atoms with Crippen LogP contribution >= 0.6 is 11.8 Å². The molecule has 27 heavy (non-hydrogen) atoms. The number of nitrogens with zero attached hydrogens (tertiary/aromatic N) is 5. The molecule has 0 spiro atoms. The van der Waals surface area contributed by atoms with Crippen molar-refractivity contribution in [3.63, 3.8) is 0 Å². The van der Waals surface area contributed by atoms with Crippen LogP contribution in [0.2, 0.25) is 0 Å². The lowest BCUT2D eigenvalue weighted by Gasteiger charge is -2.07. The van der Waals surface area contributed by atoms with Gasteiger partial charge in [0.1, 0.15) is 6.54 Å². The van der Waals surface area contributed by atoms with Crippen molar-refractivity contribution >= 4 is 29.3 Å². The number of carbonyl (C=O) groups excluding carboxylic acids is 1. The van der Waals surface area contributed by atoms with Crippen LogP contribution < -0.4 is 5.32 Å². The highest BCUT2D eigenvalue weighted by atomic mass is 32.2. The summed E-state index contributed by atoms with van der Waals surface area (Å²) in [5.74, 6) is 0.0566. The molecule has 1 aromatic carbocycles. The Balaban J connectivity index is 1.56. The largest absolute Gasteiger partial charge is 0.292 e. The van der Waals surface area contributed by atoms with Crippen LogP contribution in [0.4, 0.5) is 5.95 Å². The molecule has 136 valence electrons. The summed E-state index contributed by atoms with van der Waals surface area (Å²) in [6.07, 6.45) is 7.50. The summed E-state index contributed by atoms with van der Waals surface area (Å²) in [7, 11) is 0. The van der Waals surface area contributed by atoms with E-state index in [1.54, 1.807) is 27.2 Å². The summed E-state index contributed by atoms with van der Waals surface area (Å²) in [6, 6.07) is 12.1. The summed E-state index contributed by atoms with van der Waals surface area (Å²) >= 11 is 1.70.